The number of hydrogen-bond donors (Lipinski definition) is 1. The molecule has 0 amide bonds. The first-order valence-electron chi connectivity index (χ1n) is 9.03. The van der Waals surface area contributed by atoms with Gasteiger partial charge in [0.2, 0.25) is 5.60 Å². The van der Waals surface area contributed by atoms with Crippen LogP contribution in [0.25, 0.3) is 5.57 Å². The maximum Gasteiger partial charge on any atom is 0.274 e. The molecule has 0 bridgehead atoms. The Hall–Kier alpha value is -1.80. The first-order chi connectivity index (χ1) is 12.0. The van der Waals surface area contributed by atoms with Gasteiger partial charge in [0.15, 0.2) is 5.76 Å². The topological polar surface area (TPSA) is 47.9 Å². The monoisotopic (exact) mass is 342 g/mol. The van der Waals surface area contributed by atoms with Crippen molar-refractivity contribution in [3.8, 4) is 11.8 Å². The molecular formula is C21H26O4. The minimum atomic E-state index is -1.52. The zero-order valence-corrected chi connectivity index (χ0v) is 15.2. The number of hydrogen-bond acceptors (Lipinski definition) is 4. The second-order valence-corrected chi connectivity index (χ2v) is 6.67. The molecule has 4 heteroatoms. The highest BCUT2D eigenvalue weighted by atomic mass is 16.8. The molecule has 1 unspecified atom stereocenters. The summed E-state index contributed by atoms with van der Waals surface area (Å²) < 4.78 is 17.7. The predicted octanol–water partition coefficient (Wildman–Crippen LogP) is 3.50. The number of benzene rings is 1. The third-order valence-electron chi connectivity index (χ3n) is 4.40. The van der Waals surface area contributed by atoms with Gasteiger partial charge in [0, 0.05) is 6.42 Å². The molecule has 1 saturated heterocycles. The van der Waals surface area contributed by atoms with Crippen LogP contribution in [-0.4, -0.2) is 35.8 Å². The third-order valence-corrected chi connectivity index (χ3v) is 4.40. The van der Waals surface area contributed by atoms with Gasteiger partial charge in [0.25, 0.3) is 5.79 Å². The molecule has 1 fully saturated rings. The van der Waals surface area contributed by atoms with Gasteiger partial charge in [-0.3, -0.25) is 0 Å². The highest BCUT2D eigenvalue weighted by Gasteiger charge is 2.71. The second-order valence-electron chi connectivity index (χ2n) is 6.67. The van der Waals surface area contributed by atoms with Crippen molar-refractivity contribution in [3.63, 3.8) is 0 Å². The van der Waals surface area contributed by atoms with E-state index in [0.29, 0.717) is 24.5 Å². The van der Waals surface area contributed by atoms with Gasteiger partial charge in [-0.05, 0) is 25.8 Å². The van der Waals surface area contributed by atoms with Crippen molar-refractivity contribution in [2.24, 2.45) is 0 Å². The minimum Gasteiger partial charge on any atom is -0.489 e. The summed E-state index contributed by atoms with van der Waals surface area (Å²) in [6, 6.07) is 9.69. The van der Waals surface area contributed by atoms with Crippen molar-refractivity contribution in [3.05, 3.63) is 41.7 Å². The zero-order valence-electron chi connectivity index (χ0n) is 15.2. The lowest BCUT2D eigenvalue weighted by Gasteiger charge is -2.51. The Bertz CT molecular complexity index is 690. The van der Waals surface area contributed by atoms with Crippen LogP contribution in [0.2, 0.25) is 0 Å². The van der Waals surface area contributed by atoms with Crippen LogP contribution >= 0.6 is 0 Å². The summed E-state index contributed by atoms with van der Waals surface area (Å²) in [4.78, 5) is 0. The summed E-state index contributed by atoms with van der Waals surface area (Å²) in [5, 5.41) is 11.5. The Morgan fingerprint density at radius 1 is 1.20 bits per heavy atom. The Balaban J connectivity index is 2.09. The minimum absolute atomic E-state index is 0.0593. The van der Waals surface area contributed by atoms with E-state index in [-0.39, 0.29) is 6.10 Å². The van der Waals surface area contributed by atoms with Crippen molar-refractivity contribution in [1.29, 1.82) is 0 Å². The van der Waals surface area contributed by atoms with E-state index in [1.807, 2.05) is 44.2 Å². The van der Waals surface area contributed by atoms with E-state index >= 15 is 0 Å². The maximum absolute atomic E-state index is 11.5. The molecule has 1 N–H and O–H groups in total. The molecule has 0 aromatic heterocycles. The van der Waals surface area contributed by atoms with Crippen LogP contribution in [0.4, 0.5) is 0 Å². The predicted molar refractivity (Wildman–Crippen MR) is 96.5 cm³/mol. The van der Waals surface area contributed by atoms with E-state index in [4.69, 9.17) is 14.2 Å². The van der Waals surface area contributed by atoms with Crippen LogP contribution in [0.3, 0.4) is 0 Å². The molecule has 0 radical (unpaired) electrons. The molecule has 134 valence electrons. The Kier molecular flexibility index (Phi) is 5.19. The van der Waals surface area contributed by atoms with Gasteiger partial charge in [0.1, 0.15) is 0 Å². The van der Waals surface area contributed by atoms with Gasteiger partial charge in [-0.1, -0.05) is 55.5 Å². The largest absolute Gasteiger partial charge is 0.489 e. The highest BCUT2D eigenvalue weighted by molar-refractivity contribution is 5.87. The van der Waals surface area contributed by atoms with Crippen LogP contribution in [0, 0.1) is 11.8 Å². The number of rotatable bonds is 5. The normalized spacial score (nSPS) is 24.2. The van der Waals surface area contributed by atoms with Gasteiger partial charge in [-0.2, -0.15) is 0 Å². The fraction of sp³-hybridized carbons (Fsp3) is 0.524. The summed E-state index contributed by atoms with van der Waals surface area (Å²) in [5.74, 6) is 5.36. The van der Waals surface area contributed by atoms with Gasteiger partial charge in [-0.25, -0.2) is 0 Å². The average molecular weight is 342 g/mol. The molecule has 3 rings (SSSR count). The lowest BCUT2D eigenvalue weighted by molar-refractivity contribution is -0.246. The average Bonchev–Trinajstić information content (AvgIpc) is 3.12. The van der Waals surface area contributed by atoms with Crippen molar-refractivity contribution in [2.75, 3.05) is 13.2 Å². The lowest BCUT2D eigenvalue weighted by atomic mass is 9.69. The van der Waals surface area contributed by atoms with E-state index in [0.717, 1.165) is 24.8 Å². The molecular weight excluding hydrogens is 316 g/mol. The van der Waals surface area contributed by atoms with Gasteiger partial charge in [-0.15, -0.1) is 0 Å². The van der Waals surface area contributed by atoms with E-state index in [2.05, 4.69) is 18.8 Å². The van der Waals surface area contributed by atoms with Crippen molar-refractivity contribution < 1.29 is 19.3 Å². The smallest absolute Gasteiger partial charge is 0.274 e. The van der Waals surface area contributed by atoms with Crippen LogP contribution < -0.4 is 0 Å². The van der Waals surface area contributed by atoms with Gasteiger partial charge >= 0.3 is 0 Å². The molecule has 1 aromatic carbocycles. The van der Waals surface area contributed by atoms with Crippen molar-refractivity contribution >= 4 is 5.57 Å². The van der Waals surface area contributed by atoms with Crippen LogP contribution in [0.5, 0.6) is 0 Å². The summed E-state index contributed by atoms with van der Waals surface area (Å²) >= 11 is 0. The lowest BCUT2D eigenvalue weighted by Crippen LogP contribution is -2.65. The molecule has 1 spiro atoms. The van der Waals surface area contributed by atoms with E-state index in [1.54, 1.807) is 0 Å². The van der Waals surface area contributed by atoms with Crippen molar-refractivity contribution in [2.45, 2.75) is 57.5 Å². The van der Waals surface area contributed by atoms with E-state index in [1.165, 1.54) is 0 Å². The Morgan fingerprint density at radius 2 is 1.88 bits per heavy atom. The molecule has 1 aliphatic carbocycles. The fourth-order valence-electron chi connectivity index (χ4n) is 3.27. The number of unbranched alkanes of at least 4 members (excludes halogenated alkanes) is 2. The van der Waals surface area contributed by atoms with Gasteiger partial charge < -0.3 is 19.3 Å². The van der Waals surface area contributed by atoms with Crippen molar-refractivity contribution in [1.82, 2.24) is 0 Å². The third kappa shape index (κ3) is 2.97. The molecule has 0 saturated carbocycles. The van der Waals surface area contributed by atoms with Crippen LogP contribution in [0.15, 0.2) is 36.1 Å². The fourth-order valence-corrected chi connectivity index (χ4v) is 3.27. The van der Waals surface area contributed by atoms with Crippen LogP contribution in [0.1, 0.15) is 45.6 Å². The molecule has 25 heavy (non-hydrogen) atoms. The van der Waals surface area contributed by atoms with Crippen LogP contribution in [-0.2, 0) is 14.2 Å². The highest BCUT2D eigenvalue weighted by Crippen LogP contribution is 2.57. The standard InChI is InChI=1S/C21H26O4/c1-4-5-6-10-13-20(22)18(17-11-8-7-9-12-17)19(25-16(2)3)21(20)23-14-15-24-21/h7-9,11-12,16,22H,4-6,14-15H2,1-3H3. The molecule has 1 atom stereocenters. The molecule has 4 nitrogen and oxygen atoms in total. The summed E-state index contributed by atoms with van der Waals surface area (Å²) in [6.45, 7) is 6.83. The van der Waals surface area contributed by atoms with E-state index < -0.39 is 11.4 Å². The van der Waals surface area contributed by atoms with E-state index in [9.17, 15) is 5.11 Å². The van der Waals surface area contributed by atoms with Gasteiger partial charge in [0.05, 0.1) is 24.9 Å². The number of ether oxygens (including phenoxy) is 3. The second kappa shape index (κ2) is 7.21. The first kappa shape index (κ1) is 18.0. The summed E-state index contributed by atoms with van der Waals surface area (Å²) in [5.41, 5.74) is -0.00844. The Labute approximate surface area is 149 Å². The Morgan fingerprint density at radius 3 is 2.48 bits per heavy atom. The SMILES string of the molecule is CCCCC#CC1(O)C(c2ccccc2)=C(OC(C)C)C12OCCO2. The quantitative estimate of drug-likeness (QED) is 0.657. The molecule has 1 aliphatic heterocycles. The number of aliphatic hydroxyl groups is 1. The molecule has 2 aliphatic rings. The molecule has 1 aromatic rings. The maximum atomic E-state index is 11.5. The first-order valence-corrected chi connectivity index (χ1v) is 9.03. The molecule has 1 heterocycles. The zero-order chi connectivity index (χ0) is 17.9. The summed E-state index contributed by atoms with van der Waals surface area (Å²) in [7, 11) is 0. The summed E-state index contributed by atoms with van der Waals surface area (Å²) in [6.07, 6.45) is 2.74.